The van der Waals surface area contributed by atoms with Crippen LogP contribution in [0.15, 0.2) is 60.7 Å². The smallest absolute Gasteiger partial charge is 0.326 e. The molecule has 246 valence electrons. The van der Waals surface area contributed by atoms with Gasteiger partial charge in [0.25, 0.3) is 0 Å². The van der Waals surface area contributed by atoms with E-state index in [4.69, 9.17) is 18.9 Å². The van der Waals surface area contributed by atoms with Crippen LogP contribution in [0.1, 0.15) is 66.0 Å². The zero-order valence-corrected chi connectivity index (χ0v) is 27.2. The van der Waals surface area contributed by atoms with E-state index in [9.17, 15) is 24.0 Å². The highest BCUT2D eigenvalue weighted by Crippen LogP contribution is 2.16. The highest BCUT2D eigenvalue weighted by molar-refractivity contribution is 5.85. The van der Waals surface area contributed by atoms with Crippen LogP contribution in [0.3, 0.4) is 0 Å². The van der Waals surface area contributed by atoms with Gasteiger partial charge in [-0.15, -0.1) is 0 Å². The summed E-state index contributed by atoms with van der Waals surface area (Å²) in [7, 11) is 0. The number of carbonyl (C=O) groups excluding carboxylic acids is 5. The molecule has 0 spiro atoms. The first-order valence-electron chi connectivity index (χ1n) is 14.9. The number of ether oxygens (including phenoxy) is 4. The van der Waals surface area contributed by atoms with Crippen molar-refractivity contribution >= 4 is 29.8 Å². The molecule has 0 radical (unpaired) electrons. The minimum atomic E-state index is -0.974. The van der Waals surface area contributed by atoms with E-state index < -0.39 is 72.3 Å². The maximum absolute atomic E-state index is 13.6. The van der Waals surface area contributed by atoms with Gasteiger partial charge in [0, 0.05) is 6.04 Å². The Morgan fingerprint density at radius 1 is 0.644 bits per heavy atom. The van der Waals surface area contributed by atoms with Crippen molar-refractivity contribution in [2.75, 3.05) is 13.6 Å². The molecule has 0 aliphatic rings. The predicted octanol–water partition coefficient (Wildman–Crippen LogP) is 3.87. The van der Waals surface area contributed by atoms with Crippen molar-refractivity contribution in [1.29, 1.82) is 0 Å². The molecular weight excluding hydrogens is 580 g/mol. The fraction of sp³-hybridized carbons (Fsp3) is 0.500. The third kappa shape index (κ3) is 13.9. The Morgan fingerprint density at radius 2 is 1.09 bits per heavy atom. The van der Waals surface area contributed by atoms with Crippen LogP contribution in [0.4, 0.5) is 0 Å². The maximum Gasteiger partial charge on any atom is 0.326 e. The van der Waals surface area contributed by atoms with Gasteiger partial charge >= 0.3 is 23.9 Å². The van der Waals surface area contributed by atoms with Crippen LogP contribution in [-0.2, 0) is 55.8 Å². The van der Waals surface area contributed by atoms with Crippen molar-refractivity contribution in [1.82, 2.24) is 10.6 Å². The fourth-order valence-corrected chi connectivity index (χ4v) is 3.91. The Kier molecular flexibility index (Phi) is 14.2. The Hall–Kier alpha value is -4.25. The molecule has 0 bridgehead atoms. The molecule has 0 aliphatic heterocycles. The van der Waals surface area contributed by atoms with Crippen LogP contribution < -0.4 is 10.6 Å². The molecule has 0 saturated heterocycles. The lowest BCUT2D eigenvalue weighted by molar-refractivity contribution is -0.175. The molecule has 0 saturated carbocycles. The van der Waals surface area contributed by atoms with Gasteiger partial charge in [-0.05, 0) is 72.4 Å². The van der Waals surface area contributed by atoms with Crippen LogP contribution in [0, 0.1) is 10.8 Å². The van der Waals surface area contributed by atoms with Crippen molar-refractivity contribution in [2.24, 2.45) is 10.8 Å². The minimum absolute atomic E-state index is 0.175. The van der Waals surface area contributed by atoms with Gasteiger partial charge in [-0.3, -0.25) is 29.3 Å². The van der Waals surface area contributed by atoms with Gasteiger partial charge in [-0.25, -0.2) is 0 Å². The van der Waals surface area contributed by atoms with Gasteiger partial charge in [-0.1, -0.05) is 60.7 Å². The van der Waals surface area contributed by atoms with Crippen molar-refractivity contribution < 1.29 is 42.9 Å². The normalized spacial score (nSPS) is 13.5. The second kappa shape index (κ2) is 17.3. The molecule has 3 atom stereocenters. The van der Waals surface area contributed by atoms with E-state index in [2.05, 4.69) is 10.6 Å². The van der Waals surface area contributed by atoms with E-state index in [1.165, 1.54) is 0 Å². The Balaban J connectivity index is 2.14. The van der Waals surface area contributed by atoms with Gasteiger partial charge < -0.3 is 24.3 Å². The van der Waals surface area contributed by atoms with Crippen molar-refractivity contribution in [3.8, 4) is 0 Å². The number of carbonyl (C=O) groups is 5. The van der Waals surface area contributed by atoms with Crippen molar-refractivity contribution in [3.63, 3.8) is 0 Å². The molecule has 0 aliphatic carbocycles. The fourth-order valence-electron chi connectivity index (χ4n) is 3.91. The summed E-state index contributed by atoms with van der Waals surface area (Å²) < 4.78 is 20.4. The standard InChI is InChI=1S/C34H46N2O9/c1-23(18-28(37)42-21-44-31(40)33(2,3)4)35-29(38)26(19-24-14-10-8-11-15-24)36-27(20-25-16-12-9-13-17-25)30(39)43-22-45-32(41)34(5,6)7/h8-17,23,26-27,36H,18-22H2,1-7H3,(H,35,38)/t23?,26-,27?/m0/s1. The molecule has 2 N–H and O–H groups in total. The number of nitrogens with one attached hydrogen (secondary N) is 2. The van der Waals surface area contributed by atoms with Gasteiger partial charge in [0.2, 0.25) is 19.5 Å². The molecule has 0 heterocycles. The van der Waals surface area contributed by atoms with Crippen molar-refractivity contribution in [3.05, 3.63) is 71.8 Å². The average Bonchev–Trinajstić information content (AvgIpc) is 2.96. The zero-order valence-electron chi connectivity index (χ0n) is 27.2. The summed E-state index contributed by atoms with van der Waals surface area (Å²) in [6.07, 6.45) is 0.246. The molecular formula is C34H46N2O9. The molecule has 11 heteroatoms. The van der Waals surface area contributed by atoms with Gasteiger partial charge in [0.1, 0.15) is 6.04 Å². The van der Waals surface area contributed by atoms with Crippen LogP contribution >= 0.6 is 0 Å². The summed E-state index contributed by atoms with van der Waals surface area (Å²) in [5, 5.41) is 5.94. The summed E-state index contributed by atoms with van der Waals surface area (Å²) in [5.74, 6) is -2.85. The first-order valence-corrected chi connectivity index (χ1v) is 14.9. The first-order chi connectivity index (χ1) is 21.1. The molecule has 2 aromatic carbocycles. The quantitative estimate of drug-likeness (QED) is 0.221. The SMILES string of the molecule is CC(CC(=O)OCOC(=O)C(C)(C)C)NC(=O)[C@H](Cc1ccccc1)NC(Cc1ccccc1)C(=O)OCOC(=O)C(C)(C)C. The van der Waals surface area contributed by atoms with Crippen LogP contribution in [0.5, 0.6) is 0 Å². The number of amides is 1. The summed E-state index contributed by atoms with van der Waals surface area (Å²) in [4.78, 5) is 63.2. The highest BCUT2D eigenvalue weighted by Gasteiger charge is 2.30. The molecule has 0 aromatic heterocycles. The molecule has 2 aromatic rings. The minimum Gasteiger partial charge on any atom is -0.428 e. The van der Waals surface area contributed by atoms with Gasteiger partial charge in [-0.2, -0.15) is 0 Å². The molecule has 45 heavy (non-hydrogen) atoms. The number of rotatable bonds is 15. The average molecular weight is 627 g/mol. The number of hydrogen-bond acceptors (Lipinski definition) is 10. The lowest BCUT2D eigenvalue weighted by atomic mass is 9.97. The summed E-state index contributed by atoms with van der Waals surface area (Å²) in [5.41, 5.74) is 0.146. The van der Waals surface area contributed by atoms with Crippen LogP contribution in [0.25, 0.3) is 0 Å². The van der Waals surface area contributed by atoms with E-state index in [1.54, 1.807) is 48.5 Å². The lowest BCUT2D eigenvalue weighted by Gasteiger charge is -2.26. The number of esters is 4. The second-order valence-electron chi connectivity index (χ2n) is 12.8. The summed E-state index contributed by atoms with van der Waals surface area (Å²) in [6.45, 7) is 10.6. The van der Waals surface area contributed by atoms with Crippen molar-refractivity contribution in [2.45, 2.75) is 85.9 Å². The monoisotopic (exact) mass is 626 g/mol. The van der Waals surface area contributed by atoms with E-state index in [0.717, 1.165) is 11.1 Å². The number of hydrogen-bond donors (Lipinski definition) is 2. The molecule has 2 unspecified atom stereocenters. The van der Waals surface area contributed by atoms with Gasteiger partial charge in [0.15, 0.2) is 0 Å². The Labute approximate surface area is 265 Å². The molecule has 1 amide bonds. The third-order valence-corrected chi connectivity index (χ3v) is 6.46. The van der Waals surface area contributed by atoms with E-state index in [-0.39, 0.29) is 19.3 Å². The largest absolute Gasteiger partial charge is 0.428 e. The van der Waals surface area contributed by atoms with E-state index in [0.29, 0.717) is 0 Å². The van der Waals surface area contributed by atoms with Gasteiger partial charge in [0.05, 0.1) is 23.3 Å². The maximum atomic E-state index is 13.6. The molecule has 0 fully saturated rings. The molecule has 11 nitrogen and oxygen atoms in total. The summed E-state index contributed by atoms with van der Waals surface area (Å²) in [6, 6.07) is 16.0. The third-order valence-electron chi connectivity index (χ3n) is 6.46. The topological polar surface area (TPSA) is 146 Å². The van der Waals surface area contributed by atoms with E-state index in [1.807, 2.05) is 60.7 Å². The number of benzene rings is 2. The first kappa shape index (κ1) is 36.9. The second-order valence-corrected chi connectivity index (χ2v) is 12.8. The van der Waals surface area contributed by atoms with Crippen LogP contribution in [0.2, 0.25) is 0 Å². The Morgan fingerprint density at radius 3 is 1.56 bits per heavy atom. The predicted molar refractivity (Wildman–Crippen MR) is 166 cm³/mol. The summed E-state index contributed by atoms with van der Waals surface area (Å²) >= 11 is 0. The Bertz CT molecular complexity index is 1270. The molecule has 2 rings (SSSR count). The van der Waals surface area contributed by atoms with Crippen LogP contribution in [-0.4, -0.2) is 61.5 Å². The lowest BCUT2D eigenvalue weighted by Crippen LogP contribution is -2.54. The zero-order chi connectivity index (χ0) is 33.6. The van der Waals surface area contributed by atoms with E-state index >= 15 is 0 Å². The highest BCUT2D eigenvalue weighted by atomic mass is 16.7.